The normalized spacial score (nSPS) is 18.1. The van der Waals surface area contributed by atoms with Crippen LogP contribution in [0.2, 0.25) is 0 Å². The minimum absolute atomic E-state index is 0.0551. The van der Waals surface area contributed by atoms with Gasteiger partial charge in [0, 0.05) is 5.39 Å². The first-order chi connectivity index (χ1) is 10.8. The first kappa shape index (κ1) is 13.4. The molecule has 2 nitrogen and oxygen atoms in total. The summed E-state index contributed by atoms with van der Waals surface area (Å²) in [6.07, 6.45) is 0. The summed E-state index contributed by atoms with van der Waals surface area (Å²) < 4.78 is 0. The molecule has 0 aliphatic carbocycles. The molecule has 1 heterocycles. The van der Waals surface area contributed by atoms with Crippen LogP contribution in [0.3, 0.4) is 0 Å². The Balaban J connectivity index is 1.86. The topological polar surface area (TPSA) is 20.3 Å². The van der Waals surface area contributed by atoms with Crippen molar-refractivity contribution in [3.8, 4) is 0 Å². The standard InChI is InChI=1S/C19H15NOS/c21-18-13-22-19(15-8-2-1-3-9-15)20(18)17-12-6-10-14-7-4-5-11-16(14)17/h1-12,19H,13H2. The van der Waals surface area contributed by atoms with E-state index in [2.05, 4.69) is 30.3 Å². The molecule has 1 saturated heterocycles. The zero-order valence-corrected chi connectivity index (χ0v) is 12.8. The molecule has 1 aliphatic heterocycles. The predicted octanol–water partition coefficient (Wildman–Crippen LogP) is 4.62. The van der Waals surface area contributed by atoms with Crippen molar-refractivity contribution in [3.63, 3.8) is 0 Å². The van der Waals surface area contributed by atoms with E-state index in [0.717, 1.165) is 16.5 Å². The molecule has 3 aromatic rings. The van der Waals surface area contributed by atoms with Gasteiger partial charge < -0.3 is 0 Å². The molecule has 1 atom stereocenters. The average Bonchev–Trinajstić information content (AvgIpc) is 2.96. The molecule has 4 rings (SSSR count). The number of carbonyl (C=O) groups is 1. The second-order valence-corrected chi connectivity index (χ2v) is 6.40. The maximum atomic E-state index is 12.5. The number of rotatable bonds is 2. The first-order valence-electron chi connectivity index (χ1n) is 7.31. The number of fused-ring (bicyclic) bond motifs is 1. The van der Waals surface area contributed by atoms with Crippen LogP contribution in [-0.2, 0) is 4.79 Å². The molecule has 3 aromatic carbocycles. The Morgan fingerprint density at radius 1 is 0.864 bits per heavy atom. The summed E-state index contributed by atoms with van der Waals surface area (Å²) in [5, 5.41) is 2.35. The third-order valence-corrected chi connectivity index (χ3v) is 5.19. The van der Waals surface area contributed by atoms with Crippen LogP contribution in [0.5, 0.6) is 0 Å². The lowest BCUT2D eigenvalue weighted by molar-refractivity contribution is -0.115. The van der Waals surface area contributed by atoms with E-state index in [1.54, 1.807) is 11.8 Å². The lowest BCUT2D eigenvalue weighted by atomic mass is 10.1. The molecule has 108 valence electrons. The van der Waals surface area contributed by atoms with Crippen LogP contribution in [0.15, 0.2) is 72.8 Å². The SMILES string of the molecule is O=C1CSC(c2ccccc2)N1c1cccc2ccccc12. The van der Waals surface area contributed by atoms with E-state index >= 15 is 0 Å². The molecule has 0 saturated carbocycles. The van der Waals surface area contributed by atoms with Gasteiger partial charge in [0.1, 0.15) is 5.37 Å². The highest BCUT2D eigenvalue weighted by atomic mass is 32.2. The number of carbonyl (C=O) groups excluding carboxylic acids is 1. The molecule has 0 spiro atoms. The van der Waals surface area contributed by atoms with Crippen LogP contribution in [0, 0.1) is 0 Å². The van der Waals surface area contributed by atoms with Gasteiger partial charge in [0.25, 0.3) is 0 Å². The van der Waals surface area contributed by atoms with E-state index < -0.39 is 0 Å². The second-order valence-electron chi connectivity index (χ2n) is 5.34. The van der Waals surface area contributed by atoms with Gasteiger partial charge in [-0.2, -0.15) is 0 Å². The molecule has 0 aromatic heterocycles. The fourth-order valence-corrected chi connectivity index (χ4v) is 4.14. The summed E-state index contributed by atoms with van der Waals surface area (Å²) in [6.45, 7) is 0. The second kappa shape index (κ2) is 5.50. The third-order valence-electron chi connectivity index (χ3n) is 3.98. The molecule has 1 unspecified atom stereocenters. The highest BCUT2D eigenvalue weighted by molar-refractivity contribution is 8.00. The van der Waals surface area contributed by atoms with Crippen LogP contribution in [0.4, 0.5) is 5.69 Å². The Kier molecular flexibility index (Phi) is 3.35. The Morgan fingerprint density at radius 3 is 2.45 bits per heavy atom. The monoisotopic (exact) mass is 305 g/mol. The largest absolute Gasteiger partial charge is 0.294 e. The van der Waals surface area contributed by atoms with Crippen molar-refractivity contribution in [3.05, 3.63) is 78.4 Å². The van der Waals surface area contributed by atoms with Gasteiger partial charge in [-0.05, 0) is 17.0 Å². The number of benzene rings is 3. The van der Waals surface area contributed by atoms with Crippen molar-refractivity contribution in [1.29, 1.82) is 0 Å². The fraction of sp³-hybridized carbons (Fsp3) is 0.105. The summed E-state index contributed by atoms with van der Waals surface area (Å²) in [5.74, 6) is 0.707. The first-order valence-corrected chi connectivity index (χ1v) is 8.36. The fourth-order valence-electron chi connectivity index (χ4n) is 2.97. The van der Waals surface area contributed by atoms with Gasteiger partial charge in [-0.1, -0.05) is 66.7 Å². The van der Waals surface area contributed by atoms with Gasteiger partial charge in [0.05, 0.1) is 11.4 Å². The predicted molar refractivity (Wildman–Crippen MR) is 93.1 cm³/mol. The van der Waals surface area contributed by atoms with Crippen molar-refractivity contribution in [1.82, 2.24) is 0 Å². The van der Waals surface area contributed by atoms with Crippen molar-refractivity contribution in [2.75, 3.05) is 10.7 Å². The van der Waals surface area contributed by atoms with Crippen LogP contribution in [0.25, 0.3) is 10.8 Å². The third kappa shape index (κ3) is 2.18. The van der Waals surface area contributed by atoms with Gasteiger partial charge in [-0.15, -0.1) is 11.8 Å². The molecular formula is C19H15NOS. The Labute approximate surface area is 133 Å². The number of hydrogen-bond acceptors (Lipinski definition) is 2. The maximum Gasteiger partial charge on any atom is 0.238 e. The van der Waals surface area contributed by atoms with E-state index in [1.165, 1.54) is 5.56 Å². The van der Waals surface area contributed by atoms with Crippen molar-refractivity contribution in [2.24, 2.45) is 0 Å². The number of nitrogens with zero attached hydrogens (tertiary/aromatic N) is 1. The van der Waals surface area contributed by atoms with Gasteiger partial charge in [-0.3, -0.25) is 9.69 Å². The number of amides is 1. The average molecular weight is 305 g/mol. The Bertz CT molecular complexity index is 826. The summed E-state index contributed by atoms with van der Waals surface area (Å²) in [4.78, 5) is 14.5. The summed E-state index contributed by atoms with van der Waals surface area (Å²) in [7, 11) is 0. The van der Waals surface area contributed by atoms with E-state index in [4.69, 9.17) is 0 Å². The molecule has 1 aliphatic rings. The van der Waals surface area contributed by atoms with Crippen molar-refractivity contribution >= 4 is 34.1 Å². The zero-order chi connectivity index (χ0) is 14.9. The number of anilines is 1. The van der Waals surface area contributed by atoms with Crippen molar-refractivity contribution in [2.45, 2.75) is 5.37 Å². The number of hydrogen-bond donors (Lipinski definition) is 0. The Morgan fingerprint density at radius 2 is 1.59 bits per heavy atom. The molecule has 3 heteroatoms. The highest BCUT2D eigenvalue weighted by Crippen LogP contribution is 2.43. The smallest absolute Gasteiger partial charge is 0.238 e. The maximum absolute atomic E-state index is 12.5. The van der Waals surface area contributed by atoms with Crippen LogP contribution >= 0.6 is 11.8 Å². The summed E-state index contributed by atoms with van der Waals surface area (Å²) >= 11 is 1.69. The van der Waals surface area contributed by atoms with Crippen molar-refractivity contribution < 1.29 is 4.79 Å². The number of thioether (sulfide) groups is 1. The van der Waals surface area contributed by atoms with E-state index in [-0.39, 0.29) is 11.3 Å². The zero-order valence-electron chi connectivity index (χ0n) is 12.0. The van der Waals surface area contributed by atoms with E-state index in [9.17, 15) is 4.79 Å². The molecule has 0 radical (unpaired) electrons. The molecule has 0 N–H and O–H groups in total. The van der Waals surface area contributed by atoms with Gasteiger partial charge >= 0.3 is 0 Å². The Hall–Kier alpha value is -2.26. The molecule has 0 bridgehead atoms. The van der Waals surface area contributed by atoms with Gasteiger partial charge in [0.2, 0.25) is 5.91 Å². The van der Waals surface area contributed by atoms with Crippen LogP contribution in [-0.4, -0.2) is 11.7 Å². The quantitative estimate of drug-likeness (QED) is 0.688. The van der Waals surface area contributed by atoms with Crippen LogP contribution in [0.1, 0.15) is 10.9 Å². The minimum atomic E-state index is 0.0551. The molecule has 1 fully saturated rings. The van der Waals surface area contributed by atoms with E-state index in [1.807, 2.05) is 47.4 Å². The highest BCUT2D eigenvalue weighted by Gasteiger charge is 2.34. The van der Waals surface area contributed by atoms with E-state index in [0.29, 0.717) is 5.75 Å². The molecular weight excluding hydrogens is 290 g/mol. The van der Waals surface area contributed by atoms with Gasteiger partial charge in [-0.25, -0.2) is 0 Å². The van der Waals surface area contributed by atoms with Crippen LogP contribution < -0.4 is 4.90 Å². The molecule has 1 amide bonds. The lowest BCUT2D eigenvalue weighted by Gasteiger charge is -2.25. The lowest BCUT2D eigenvalue weighted by Crippen LogP contribution is -2.27. The minimum Gasteiger partial charge on any atom is -0.294 e. The van der Waals surface area contributed by atoms with Gasteiger partial charge in [0.15, 0.2) is 0 Å². The molecule has 22 heavy (non-hydrogen) atoms. The summed E-state index contributed by atoms with van der Waals surface area (Å²) in [6, 6.07) is 24.6. The summed E-state index contributed by atoms with van der Waals surface area (Å²) in [5.41, 5.74) is 2.17.